The molecular formula is C16H19NO2. The Kier molecular flexibility index (Phi) is 4.55. The molecule has 100 valence electrons. The van der Waals surface area contributed by atoms with E-state index in [1.165, 1.54) is 5.56 Å². The monoisotopic (exact) mass is 257 g/mol. The lowest BCUT2D eigenvalue weighted by molar-refractivity contribution is 0.123. The van der Waals surface area contributed by atoms with E-state index < -0.39 is 6.10 Å². The normalized spacial score (nSPS) is 12.6. The number of likely N-dealkylation sites (N-methyl/N-ethyl adjacent to an activating group) is 1. The Morgan fingerprint density at radius 1 is 1.05 bits per heavy atom. The number of phenolic OH excluding ortho intramolecular Hbond substituents is 1. The molecule has 0 amide bonds. The maximum atomic E-state index is 10.1. The minimum absolute atomic E-state index is 0.183. The van der Waals surface area contributed by atoms with Gasteiger partial charge in [0.1, 0.15) is 5.75 Å². The van der Waals surface area contributed by atoms with E-state index in [0.717, 1.165) is 12.1 Å². The zero-order valence-electron chi connectivity index (χ0n) is 11.0. The topological polar surface area (TPSA) is 43.7 Å². The average Bonchev–Trinajstić information content (AvgIpc) is 2.39. The Morgan fingerprint density at radius 3 is 2.47 bits per heavy atom. The second kappa shape index (κ2) is 6.36. The van der Waals surface area contributed by atoms with E-state index in [1.807, 2.05) is 31.3 Å². The summed E-state index contributed by atoms with van der Waals surface area (Å²) in [5, 5.41) is 19.5. The number of phenols is 1. The molecule has 0 aliphatic heterocycles. The average molecular weight is 257 g/mol. The number of nitrogens with zero attached hydrogens (tertiary/aromatic N) is 1. The van der Waals surface area contributed by atoms with Crippen molar-refractivity contribution in [1.29, 1.82) is 0 Å². The molecule has 0 aliphatic rings. The number of hydrogen-bond acceptors (Lipinski definition) is 3. The second-order valence-corrected chi connectivity index (χ2v) is 4.79. The van der Waals surface area contributed by atoms with Crippen LogP contribution in [-0.2, 0) is 6.54 Å². The highest BCUT2D eigenvalue weighted by molar-refractivity contribution is 5.28. The Balaban J connectivity index is 1.93. The Morgan fingerprint density at radius 2 is 1.79 bits per heavy atom. The van der Waals surface area contributed by atoms with Crippen LogP contribution in [0.1, 0.15) is 17.2 Å². The molecule has 1 atom stereocenters. The summed E-state index contributed by atoms with van der Waals surface area (Å²) in [6.45, 7) is 1.31. The van der Waals surface area contributed by atoms with E-state index >= 15 is 0 Å². The third kappa shape index (κ3) is 4.09. The van der Waals surface area contributed by atoms with Gasteiger partial charge >= 0.3 is 0 Å². The van der Waals surface area contributed by atoms with Crippen molar-refractivity contribution in [3.05, 3.63) is 65.7 Å². The van der Waals surface area contributed by atoms with Gasteiger partial charge in [-0.25, -0.2) is 0 Å². The molecule has 2 rings (SSSR count). The maximum absolute atomic E-state index is 10.1. The van der Waals surface area contributed by atoms with Gasteiger partial charge in [-0.2, -0.15) is 0 Å². The number of rotatable bonds is 5. The summed E-state index contributed by atoms with van der Waals surface area (Å²) in [4.78, 5) is 2.06. The van der Waals surface area contributed by atoms with Crippen LogP contribution in [0.3, 0.4) is 0 Å². The van der Waals surface area contributed by atoms with Crippen molar-refractivity contribution in [2.75, 3.05) is 13.6 Å². The molecule has 3 heteroatoms. The number of hydrogen-bond donors (Lipinski definition) is 2. The van der Waals surface area contributed by atoms with Gasteiger partial charge in [-0.3, -0.25) is 4.90 Å². The van der Waals surface area contributed by atoms with Gasteiger partial charge in [0, 0.05) is 13.1 Å². The van der Waals surface area contributed by atoms with Crippen LogP contribution >= 0.6 is 0 Å². The SMILES string of the molecule is CN(Cc1ccccc1)C[C@H](O)c1cccc(O)c1. The molecule has 3 nitrogen and oxygen atoms in total. The molecule has 2 aromatic carbocycles. The largest absolute Gasteiger partial charge is 0.508 e. The van der Waals surface area contributed by atoms with Crippen molar-refractivity contribution in [2.45, 2.75) is 12.6 Å². The van der Waals surface area contributed by atoms with Crippen molar-refractivity contribution in [3.8, 4) is 5.75 Å². The van der Waals surface area contributed by atoms with Gasteiger partial charge < -0.3 is 10.2 Å². The first-order valence-electron chi connectivity index (χ1n) is 6.34. The Labute approximate surface area is 113 Å². The summed E-state index contributed by atoms with van der Waals surface area (Å²) in [6.07, 6.45) is -0.596. The molecule has 0 spiro atoms. The van der Waals surface area contributed by atoms with Gasteiger partial charge in [0.15, 0.2) is 0 Å². The highest BCUT2D eigenvalue weighted by atomic mass is 16.3. The summed E-state index contributed by atoms with van der Waals surface area (Å²) in [5.74, 6) is 0.183. The van der Waals surface area contributed by atoms with E-state index in [-0.39, 0.29) is 5.75 Å². The van der Waals surface area contributed by atoms with E-state index in [9.17, 15) is 10.2 Å². The molecule has 0 radical (unpaired) electrons. The zero-order valence-corrected chi connectivity index (χ0v) is 11.0. The van der Waals surface area contributed by atoms with Crippen molar-refractivity contribution in [3.63, 3.8) is 0 Å². The van der Waals surface area contributed by atoms with Gasteiger partial charge in [0.05, 0.1) is 6.10 Å². The fraction of sp³-hybridized carbons (Fsp3) is 0.250. The molecule has 19 heavy (non-hydrogen) atoms. The number of benzene rings is 2. The lowest BCUT2D eigenvalue weighted by atomic mass is 10.1. The van der Waals surface area contributed by atoms with Crippen LogP contribution in [0.4, 0.5) is 0 Å². The van der Waals surface area contributed by atoms with Crippen molar-refractivity contribution in [2.24, 2.45) is 0 Å². The van der Waals surface area contributed by atoms with Gasteiger partial charge in [-0.1, -0.05) is 42.5 Å². The molecule has 0 fully saturated rings. The summed E-state index contributed by atoms with van der Waals surface area (Å²) < 4.78 is 0. The third-order valence-electron chi connectivity index (χ3n) is 3.03. The van der Waals surface area contributed by atoms with Crippen LogP contribution < -0.4 is 0 Å². The molecule has 2 aromatic rings. The summed E-state index contributed by atoms with van der Waals surface area (Å²) in [5.41, 5.74) is 1.95. The van der Waals surface area contributed by atoms with Crippen LogP contribution in [-0.4, -0.2) is 28.7 Å². The van der Waals surface area contributed by atoms with E-state index in [1.54, 1.807) is 18.2 Å². The fourth-order valence-electron chi connectivity index (χ4n) is 2.09. The van der Waals surface area contributed by atoms with Gasteiger partial charge in [0.2, 0.25) is 0 Å². The minimum atomic E-state index is -0.596. The van der Waals surface area contributed by atoms with Crippen LogP contribution in [0, 0.1) is 0 Å². The summed E-state index contributed by atoms with van der Waals surface area (Å²) >= 11 is 0. The van der Waals surface area contributed by atoms with Crippen LogP contribution in [0.15, 0.2) is 54.6 Å². The molecule has 0 aliphatic carbocycles. The smallest absolute Gasteiger partial charge is 0.115 e. The van der Waals surface area contributed by atoms with E-state index in [0.29, 0.717) is 6.54 Å². The van der Waals surface area contributed by atoms with Crippen LogP contribution in [0.2, 0.25) is 0 Å². The lowest BCUT2D eigenvalue weighted by Crippen LogP contribution is -2.24. The highest BCUT2D eigenvalue weighted by Crippen LogP contribution is 2.19. The lowest BCUT2D eigenvalue weighted by Gasteiger charge is -2.21. The molecule has 0 heterocycles. The first-order valence-corrected chi connectivity index (χ1v) is 6.34. The predicted octanol–water partition coefficient (Wildman–Crippen LogP) is 2.56. The molecule has 0 saturated carbocycles. The Hall–Kier alpha value is -1.84. The molecule has 0 bridgehead atoms. The Bertz CT molecular complexity index is 513. The van der Waals surface area contributed by atoms with Crippen molar-refractivity contribution in [1.82, 2.24) is 4.90 Å². The van der Waals surface area contributed by atoms with Crippen LogP contribution in [0.25, 0.3) is 0 Å². The van der Waals surface area contributed by atoms with Crippen LogP contribution in [0.5, 0.6) is 5.75 Å². The quantitative estimate of drug-likeness (QED) is 0.865. The molecular weight excluding hydrogens is 238 g/mol. The first-order chi connectivity index (χ1) is 9.15. The summed E-state index contributed by atoms with van der Waals surface area (Å²) in [6, 6.07) is 16.9. The van der Waals surface area contributed by atoms with E-state index in [4.69, 9.17) is 0 Å². The minimum Gasteiger partial charge on any atom is -0.508 e. The first kappa shape index (κ1) is 13.6. The fourth-order valence-corrected chi connectivity index (χ4v) is 2.09. The van der Waals surface area contributed by atoms with Crippen molar-refractivity contribution >= 4 is 0 Å². The zero-order chi connectivity index (χ0) is 13.7. The molecule has 0 saturated heterocycles. The van der Waals surface area contributed by atoms with Gasteiger partial charge in [0.25, 0.3) is 0 Å². The molecule has 2 N–H and O–H groups in total. The predicted molar refractivity (Wildman–Crippen MR) is 75.8 cm³/mol. The highest BCUT2D eigenvalue weighted by Gasteiger charge is 2.11. The van der Waals surface area contributed by atoms with Crippen molar-refractivity contribution < 1.29 is 10.2 Å². The standard InChI is InChI=1S/C16H19NO2/c1-17(11-13-6-3-2-4-7-13)12-16(19)14-8-5-9-15(18)10-14/h2-10,16,18-19H,11-12H2,1H3/t16-/m0/s1. The van der Waals surface area contributed by atoms with Gasteiger partial charge in [-0.05, 0) is 30.3 Å². The summed E-state index contributed by atoms with van der Waals surface area (Å²) in [7, 11) is 1.97. The second-order valence-electron chi connectivity index (χ2n) is 4.79. The number of aromatic hydroxyl groups is 1. The third-order valence-corrected chi connectivity index (χ3v) is 3.03. The maximum Gasteiger partial charge on any atom is 0.115 e. The van der Waals surface area contributed by atoms with E-state index in [2.05, 4.69) is 17.0 Å². The molecule has 0 aromatic heterocycles. The number of aliphatic hydroxyl groups excluding tert-OH is 1. The van der Waals surface area contributed by atoms with Gasteiger partial charge in [-0.15, -0.1) is 0 Å². The number of aliphatic hydroxyl groups is 1. The molecule has 0 unspecified atom stereocenters.